The second kappa shape index (κ2) is 5.71. The average Bonchev–Trinajstić information content (AvgIpc) is 2.38. The number of nitrogens with one attached hydrogen (secondary N) is 1. The third-order valence-electron chi connectivity index (χ3n) is 3.45. The van der Waals surface area contributed by atoms with Gasteiger partial charge in [-0.1, -0.05) is 6.07 Å². The molecule has 0 bridgehead atoms. The van der Waals surface area contributed by atoms with Gasteiger partial charge in [0.25, 0.3) is 0 Å². The number of nitrogens with zero attached hydrogens (tertiary/aromatic N) is 2. The molecular formula is C13H19N3O2. The lowest BCUT2D eigenvalue weighted by molar-refractivity contribution is 0.126. The molecule has 1 aliphatic heterocycles. The maximum absolute atomic E-state index is 10.8. The van der Waals surface area contributed by atoms with Crippen molar-refractivity contribution in [2.45, 2.75) is 19.8 Å². The largest absolute Gasteiger partial charge is 0.465 e. The number of carboxylic acid groups (broad SMARTS) is 1. The van der Waals surface area contributed by atoms with E-state index >= 15 is 0 Å². The Bertz CT molecular complexity index is 414. The van der Waals surface area contributed by atoms with Gasteiger partial charge in [0.15, 0.2) is 0 Å². The van der Waals surface area contributed by atoms with E-state index in [0.717, 1.165) is 30.8 Å². The van der Waals surface area contributed by atoms with Crippen LogP contribution in [0, 0.1) is 12.8 Å². The molecule has 0 saturated carbocycles. The zero-order chi connectivity index (χ0) is 13.0. The molecule has 0 radical (unpaired) electrons. The lowest BCUT2D eigenvalue weighted by Gasteiger charge is -2.30. The van der Waals surface area contributed by atoms with Crippen LogP contribution < -0.4 is 5.32 Å². The number of rotatable bonds is 3. The molecule has 1 fully saturated rings. The standard InChI is InChI=1S/C13H19N3O2/c1-10-3-2-6-14-12(10)15-9-11-4-7-16(8-5-11)13(17)18/h2-3,6,11H,4-5,7-9H2,1H3,(H,14,15)(H,17,18). The summed E-state index contributed by atoms with van der Waals surface area (Å²) in [6, 6.07) is 3.95. The lowest BCUT2D eigenvalue weighted by Crippen LogP contribution is -2.39. The van der Waals surface area contributed by atoms with E-state index in [1.54, 1.807) is 6.20 Å². The summed E-state index contributed by atoms with van der Waals surface area (Å²) in [5, 5.41) is 12.2. The molecule has 98 valence electrons. The first kappa shape index (κ1) is 12.7. The number of likely N-dealkylation sites (tertiary alicyclic amines) is 1. The number of carbonyl (C=O) groups is 1. The summed E-state index contributed by atoms with van der Waals surface area (Å²) in [6.07, 6.45) is 2.82. The SMILES string of the molecule is Cc1cccnc1NCC1CCN(C(=O)O)CC1. The molecule has 0 spiro atoms. The highest BCUT2D eigenvalue weighted by molar-refractivity contribution is 5.65. The first-order chi connectivity index (χ1) is 8.66. The van der Waals surface area contributed by atoms with E-state index in [9.17, 15) is 4.79 Å². The van der Waals surface area contributed by atoms with Crippen LogP contribution in [0.1, 0.15) is 18.4 Å². The van der Waals surface area contributed by atoms with Gasteiger partial charge >= 0.3 is 6.09 Å². The molecule has 2 N–H and O–H groups in total. The van der Waals surface area contributed by atoms with E-state index in [-0.39, 0.29) is 0 Å². The van der Waals surface area contributed by atoms with Crippen molar-refractivity contribution in [3.05, 3.63) is 23.9 Å². The van der Waals surface area contributed by atoms with Gasteiger partial charge in [0, 0.05) is 25.8 Å². The zero-order valence-corrected chi connectivity index (χ0v) is 10.6. The van der Waals surface area contributed by atoms with Crippen molar-refractivity contribution in [2.24, 2.45) is 5.92 Å². The summed E-state index contributed by atoms with van der Waals surface area (Å²) in [4.78, 5) is 16.6. The molecule has 1 aliphatic rings. The predicted octanol–water partition coefficient (Wildman–Crippen LogP) is 2.19. The smallest absolute Gasteiger partial charge is 0.407 e. The molecule has 5 nitrogen and oxygen atoms in total. The molecule has 1 amide bonds. The van der Waals surface area contributed by atoms with Crippen LogP contribution in [0.5, 0.6) is 0 Å². The van der Waals surface area contributed by atoms with Gasteiger partial charge in [0.1, 0.15) is 5.82 Å². The van der Waals surface area contributed by atoms with Crippen LogP contribution in [0.15, 0.2) is 18.3 Å². The number of hydrogen-bond donors (Lipinski definition) is 2. The highest BCUT2D eigenvalue weighted by Gasteiger charge is 2.22. The highest BCUT2D eigenvalue weighted by Crippen LogP contribution is 2.18. The summed E-state index contributed by atoms with van der Waals surface area (Å²) in [5.74, 6) is 1.46. The van der Waals surface area contributed by atoms with Gasteiger partial charge in [0.2, 0.25) is 0 Å². The van der Waals surface area contributed by atoms with Gasteiger partial charge in [0.05, 0.1) is 0 Å². The molecule has 2 rings (SSSR count). The summed E-state index contributed by atoms with van der Waals surface area (Å²) in [7, 11) is 0. The van der Waals surface area contributed by atoms with Crippen LogP contribution in [-0.4, -0.2) is 40.7 Å². The Morgan fingerprint density at radius 3 is 2.89 bits per heavy atom. The monoisotopic (exact) mass is 249 g/mol. The number of pyridine rings is 1. The van der Waals surface area contributed by atoms with E-state index in [1.165, 1.54) is 4.90 Å². The summed E-state index contributed by atoms with van der Waals surface area (Å²) < 4.78 is 0. The fourth-order valence-corrected chi connectivity index (χ4v) is 2.24. The molecule has 2 heterocycles. The van der Waals surface area contributed by atoms with E-state index in [0.29, 0.717) is 19.0 Å². The second-order valence-electron chi connectivity index (χ2n) is 4.76. The van der Waals surface area contributed by atoms with E-state index < -0.39 is 6.09 Å². The number of piperidine rings is 1. The normalized spacial score (nSPS) is 16.6. The van der Waals surface area contributed by atoms with Crippen LogP contribution in [0.25, 0.3) is 0 Å². The number of aryl methyl sites for hydroxylation is 1. The number of amides is 1. The fraction of sp³-hybridized carbons (Fsp3) is 0.538. The Kier molecular flexibility index (Phi) is 4.02. The number of hydrogen-bond acceptors (Lipinski definition) is 3. The van der Waals surface area contributed by atoms with Gasteiger partial charge < -0.3 is 15.3 Å². The van der Waals surface area contributed by atoms with E-state index in [1.807, 2.05) is 19.1 Å². The van der Waals surface area contributed by atoms with Crippen molar-refractivity contribution in [1.29, 1.82) is 0 Å². The van der Waals surface area contributed by atoms with Crippen molar-refractivity contribution in [3.63, 3.8) is 0 Å². The first-order valence-corrected chi connectivity index (χ1v) is 6.30. The summed E-state index contributed by atoms with van der Waals surface area (Å²) in [5.41, 5.74) is 1.14. The Morgan fingerprint density at radius 1 is 1.56 bits per heavy atom. The zero-order valence-electron chi connectivity index (χ0n) is 10.6. The Hall–Kier alpha value is -1.78. The number of aromatic nitrogens is 1. The maximum Gasteiger partial charge on any atom is 0.407 e. The van der Waals surface area contributed by atoms with Gasteiger partial charge in [-0.2, -0.15) is 0 Å². The minimum absolute atomic E-state index is 0.530. The van der Waals surface area contributed by atoms with Crippen molar-refractivity contribution in [2.75, 3.05) is 25.0 Å². The van der Waals surface area contributed by atoms with Crippen molar-refractivity contribution < 1.29 is 9.90 Å². The van der Waals surface area contributed by atoms with Crippen LogP contribution in [0.2, 0.25) is 0 Å². The van der Waals surface area contributed by atoms with Gasteiger partial charge in [-0.25, -0.2) is 9.78 Å². The molecule has 0 aromatic carbocycles. The minimum atomic E-state index is -0.804. The Labute approximate surface area is 107 Å². The maximum atomic E-state index is 10.8. The van der Waals surface area contributed by atoms with Crippen LogP contribution >= 0.6 is 0 Å². The topological polar surface area (TPSA) is 65.5 Å². The first-order valence-electron chi connectivity index (χ1n) is 6.30. The fourth-order valence-electron chi connectivity index (χ4n) is 2.24. The minimum Gasteiger partial charge on any atom is -0.465 e. The van der Waals surface area contributed by atoms with E-state index in [4.69, 9.17) is 5.11 Å². The lowest BCUT2D eigenvalue weighted by atomic mass is 9.97. The predicted molar refractivity (Wildman–Crippen MR) is 69.8 cm³/mol. The van der Waals surface area contributed by atoms with Crippen molar-refractivity contribution in [1.82, 2.24) is 9.88 Å². The molecule has 0 atom stereocenters. The van der Waals surface area contributed by atoms with Gasteiger partial charge in [-0.15, -0.1) is 0 Å². The Morgan fingerprint density at radius 2 is 2.28 bits per heavy atom. The summed E-state index contributed by atoms with van der Waals surface area (Å²) >= 11 is 0. The van der Waals surface area contributed by atoms with Gasteiger partial charge in [-0.3, -0.25) is 0 Å². The third kappa shape index (κ3) is 3.12. The summed E-state index contributed by atoms with van der Waals surface area (Å²) in [6.45, 7) is 4.18. The van der Waals surface area contributed by atoms with Crippen LogP contribution in [-0.2, 0) is 0 Å². The van der Waals surface area contributed by atoms with Crippen LogP contribution in [0.3, 0.4) is 0 Å². The van der Waals surface area contributed by atoms with Gasteiger partial charge in [-0.05, 0) is 37.3 Å². The molecule has 0 aliphatic carbocycles. The number of anilines is 1. The van der Waals surface area contributed by atoms with Crippen molar-refractivity contribution in [3.8, 4) is 0 Å². The molecular weight excluding hydrogens is 230 g/mol. The third-order valence-corrected chi connectivity index (χ3v) is 3.45. The van der Waals surface area contributed by atoms with Crippen LogP contribution in [0.4, 0.5) is 10.6 Å². The quantitative estimate of drug-likeness (QED) is 0.861. The highest BCUT2D eigenvalue weighted by atomic mass is 16.4. The molecule has 18 heavy (non-hydrogen) atoms. The molecule has 0 unspecified atom stereocenters. The molecule has 1 aromatic rings. The molecule has 1 aromatic heterocycles. The molecule has 1 saturated heterocycles. The Balaban J connectivity index is 1.79. The second-order valence-corrected chi connectivity index (χ2v) is 4.76. The van der Waals surface area contributed by atoms with E-state index in [2.05, 4.69) is 10.3 Å². The molecule has 5 heteroatoms. The average molecular weight is 249 g/mol. The van der Waals surface area contributed by atoms with Crippen molar-refractivity contribution >= 4 is 11.9 Å².